The van der Waals surface area contributed by atoms with Gasteiger partial charge in [-0.25, -0.2) is 0 Å². The van der Waals surface area contributed by atoms with Crippen LogP contribution < -0.4 is 10.9 Å². The lowest BCUT2D eigenvalue weighted by Gasteiger charge is -2.09. The molecular formula is C14H12F3N3O3. The summed E-state index contributed by atoms with van der Waals surface area (Å²) in [7, 11) is 0. The van der Waals surface area contributed by atoms with Crippen LogP contribution in [-0.2, 0) is 6.18 Å². The molecule has 0 atom stereocenters. The molecule has 2 aromatic rings. The molecule has 2 amide bonds. The van der Waals surface area contributed by atoms with E-state index in [2.05, 4.69) is 16.0 Å². The molecule has 6 nitrogen and oxygen atoms in total. The van der Waals surface area contributed by atoms with Crippen LogP contribution in [-0.4, -0.2) is 17.0 Å². The standard InChI is InChI=1S/C14H12F3N3O3/c1-7-11(8(2)23-20-7)13(22)19-18-12(21)9-3-5-10(6-4-9)14(15,16)17/h3-6H,1-2H3,(H,18,21)(H,19,22). The minimum atomic E-state index is -4.48. The first kappa shape index (κ1) is 16.5. The summed E-state index contributed by atoms with van der Waals surface area (Å²) in [6, 6.07) is 3.59. The third kappa shape index (κ3) is 3.68. The molecule has 122 valence electrons. The van der Waals surface area contributed by atoms with Crippen LogP contribution in [0.15, 0.2) is 28.8 Å². The molecule has 0 bridgehead atoms. The molecule has 1 aromatic heterocycles. The van der Waals surface area contributed by atoms with Crippen LogP contribution in [0.25, 0.3) is 0 Å². The average Bonchev–Trinajstić information content (AvgIpc) is 2.83. The van der Waals surface area contributed by atoms with Crippen LogP contribution >= 0.6 is 0 Å². The van der Waals surface area contributed by atoms with Gasteiger partial charge in [-0.3, -0.25) is 20.4 Å². The molecule has 0 aliphatic carbocycles. The molecule has 0 spiro atoms. The van der Waals surface area contributed by atoms with Gasteiger partial charge in [-0.2, -0.15) is 13.2 Å². The zero-order valence-corrected chi connectivity index (χ0v) is 12.1. The molecule has 0 fully saturated rings. The van der Waals surface area contributed by atoms with Crippen molar-refractivity contribution in [3.63, 3.8) is 0 Å². The van der Waals surface area contributed by atoms with E-state index in [0.29, 0.717) is 5.69 Å². The SMILES string of the molecule is Cc1noc(C)c1C(=O)NNC(=O)c1ccc(C(F)(F)F)cc1. The molecule has 1 heterocycles. The zero-order chi connectivity index (χ0) is 17.2. The maximum absolute atomic E-state index is 12.4. The second-order valence-corrected chi connectivity index (χ2v) is 4.68. The van der Waals surface area contributed by atoms with Crippen molar-refractivity contribution in [2.45, 2.75) is 20.0 Å². The number of alkyl halides is 3. The minimum Gasteiger partial charge on any atom is -0.361 e. The first-order valence-corrected chi connectivity index (χ1v) is 6.41. The predicted octanol–water partition coefficient (Wildman–Crippen LogP) is 2.39. The normalized spacial score (nSPS) is 11.2. The summed E-state index contributed by atoms with van der Waals surface area (Å²) in [5.74, 6) is -1.11. The Labute approximate surface area is 128 Å². The Bertz CT molecular complexity index is 716. The summed E-state index contributed by atoms with van der Waals surface area (Å²) >= 11 is 0. The van der Waals surface area contributed by atoms with Gasteiger partial charge in [0.25, 0.3) is 11.8 Å². The van der Waals surface area contributed by atoms with E-state index in [0.717, 1.165) is 24.3 Å². The van der Waals surface area contributed by atoms with Crippen LogP contribution in [0.3, 0.4) is 0 Å². The lowest BCUT2D eigenvalue weighted by atomic mass is 10.1. The number of halogens is 3. The molecule has 2 rings (SSSR count). The fourth-order valence-corrected chi connectivity index (χ4v) is 1.87. The van der Waals surface area contributed by atoms with Gasteiger partial charge in [0.05, 0.1) is 11.3 Å². The second kappa shape index (κ2) is 6.11. The molecular weight excluding hydrogens is 315 g/mol. The van der Waals surface area contributed by atoms with E-state index in [9.17, 15) is 22.8 Å². The highest BCUT2D eigenvalue weighted by molar-refractivity contribution is 6.00. The highest BCUT2D eigenvalue weighted by Crippen LogP contribution is 2.29. The molecule has 0 aliphatic heterocycles. The van der Waals surface area contributed by atoms with Crippen molar-refractivity contribution in [2.24, 2.45) is 0 Å². The predicted molar refractivity (Wildman–Crippen MR) is 72.4 cm³/mol. The monoisotopic (exact) mass is 327 g/mol. The van der Waals surface area contributed by atoms with Crippen LogP contribution in [0, 0.1) is 13.8 Å². The Morgan fingerprint density at radius 3 is 2.09 bits per heavy atom. The topological polar surface area (TPSA) is 84.2 Å². The number of nitrogens with one attached hydrogen (secondary N) is 2. The number of hydrogen-bond acceptors (Lipinski definition) is 4. The van der Waals surface area contributed by atoms with Crippen molar-refractivity contribution in [1.82, 2.24) is 16.0 Å². The number of rotatable bonds is 2. The van der Waals surface area contributed by atoms with Crippen LogP contribution in [0.1, 0.15) is 37.7 Å². The Kier molecular flexibility index (Phi) is 4.39. The average molecular weight is 327 g/mol. The van der Waals surface area contributed by atoms with Crippen molar-refractivity contribution < 1.29 is 27.3 Å². The summed E-state index contributed by atoms with van der Waals surface area (Å²) in [5, 5.41) is 3.60. The lowest BCUT2D eigenvalue weighted by Crippen LogP contribution is -2.42. The van der Waals surface area contributed by atoms with E-state index >= 15 is 0 Å². The summed E-state index contributed by atoms with van der Waals surface area (Å²) < 4.78 is 42.1. The van der Waals surface area contributed by atoms with Gasteiger partial charge < -0.3 is 4.52 Å². The molecule has 0 saturated heterocycles. The molecule has 0 unspecified atom stereocenters. The first-order chi connectivity index (χ1) is 10.7. The molecule has 2 N–H and O–H groups in total. The van der Waals surface area contributed by atoms with Crippen molar-refractivity contribution in [2.75, 3.05) is 0 Å². The van der Waals surface area contributed by atoms with Gasteiger partial charge in [0.1, 0.15) is 11.3 Å². The summed E-state index contributed by atoms with van der Waals surface area (Å²) in [6.07, 6.45) is -4.48. The van der Waals surface area contributed by atoms with Gasteiger partial charge in [-0.15, -0.1) is 0 Å². The van der Waals surface area contributed by atoms with Gasteiger partial charge >= 0.3 is 6.18 Å². The molecule has 0 saturated carbocycles. The summed E-state index contributed by atoms with van der Waals surface area (Å²) in [5.41, 5.74) is 3.89. The van der Waals surface area contributed by atoms with Gasteiger partial charge in [0.15, 0.2) is 0 Å². The maximum atomic E-state index is 12.4. The number of carbonyl (C=O) groups excluding carboxylic acids is 2. The molecule has 0 aliphatic rings. The smallest absolute Gasteiger partial charge is 0.361 e. The van der Waals surface area contributed by atoms with Gasteiger partial charge in [-0.05, 0) is 38.1 Å². The van der Waals surface area contributed by atoms with E-state index < -0.39 is 23.6 Å². The number of benzene rings is 1. The van der Waals surface area contributed by atoms with Crippen LogP contribution in [0.5, 0.6) is 0 Å². The maximum Gasteiger partial charge on any atom is 0.416 e. The number of hydrazine groups is 1. The van der Waals surface area contributed by atoms with Gasteiger partial charge in [0.2, 0.25) is 0 Å². The summed E-state index contributed by atoms with van der Waals surface area (Å²) in [6.45, 7) is 3.09. The second-order valence-electron chi connectivity index (χ2n) is 4.68. The number of amides is 2. The first-order valence-electron chi connectivity index (χ1n) is 6.41. The Balaban J connectivity index is 2.01. The van der Waals surface area contributed by atoms with E-state index in [4.69, 9.17) is 4.52 Å². The highest BCUT2D eigenvalue weighted by Gasteiger charge is 2.30. The number of carbonyl (C=O) groups is 2. The zero-order valence-electron chi connectivity index (χ0n) is 12.1. The number of hydrogen-bond donors (Lipinski definition) is 2. The number of nitrogens with zero attached hydrogens (tertiary/aromatic N) is 1. The molecule has 0 radical (unpaired) electrons. The fraction of sp³-hybridized carbons (Fsp3) is 0.214. The fourth-order valence-electron chi connectivity index (χ4n) is 1.87. The van der Waals surface area contributed by atoms with Crippen LogP contribution in [0.4, 0.5) is 13.2 Å². The molecule has 9 heteroatoms. The van der Waals surface area contributed by atoms with Crippen molar-refractivity contribution in [1.29, 1.82) is 0 Å². The Morgan fingerprint density at radius 1 is 1.04 bits per heavy atom. The number of aromatic nitrogens is 1. The highest BCUT2D eigenvalue weighted by atomic mass is 19.4. The Morgan fingerprint density at radius 2 is 1.61 bits per heavy atom. The minimum absolute atomic E-state index is 0.0305. The van der Waals surface area contributed by atoms with E-state index in [1.807, 2.05) is 0 Å². The van der Waals surface area contributed by atoms with Crippen LogP contribution in [0.2, 0.25) is 0 Å². The van der Waals surface area contributed by atoms with E-state index in [1.165, 1.54) is 6.92 Å². The van der Waals surface area contributed by atoms with Gasteiger partial charge in [-0.1, -0.05) is 5.16 Å². The molecule has 1 aromatic carbocycles. The van der Waals surface area contributed by atoms with E-state index in [-0.39, 0.29) is 16.9 Å². The van der Waals surface area contributed by atoms with Gasteiger partial charge in [0, 0.05) is 5.56 Å². The van der Waals surface area contributed by atoms with Crippen molar-refractivity contribution in [3.05, 3.63) is 52.4 Å². The quantitative estimate of drug-likeness (QED) is 0.830. The van der Waals surface area contributed by atoms with Crippen molar-refractivity contribution >= 4 is 11.8 Å². The molecule has 23 heavy (non-hydrogen) atoms. The Hall–Kier alpha value is -2.84. The lowest BCUT2D eigenvalue weighted by molar-refractivity contribution is -0.137. The third-order valence-electron chi connectivity index (χ3n) is 3.02. The van der Waals surface area contributed by atoms with Crippen molar-refractivity contribution in [3.8, 4) is 0 Å². The number of aryl methyl sites for hydroxylation is 2. The third-order valence-corrected chi connectivity index (χ3v) is 3.02. The van der Waals surface area contributed by atoms with E-state index in [1.54, 1.807) is 6.92 Å². The summed E-state index contributed by atoms with van der Waals surface area (Å²) in [4.78, 5) is 23.7. The largest absolute Gasteiger partial charge is 0.416 e.